The van der Waals surface area contributed by atoms with Gasteiger partial charge in [-0.05, 0) is 53.5 Å². The Morgan fingerprint density at radius 3 is 2.87 bits per heavy atom. The van der Waals surface area contributed by atoms with E-state index in [9.17, 15) is 4.79 Å². The van der Waals surface area contributed by atoms with Crippen LogP contribution in [0, 0.1) is 0 Å². The van der Waals surface area contributed by atoms with Crippen molar-refractivity contribution in [2.75, 3.05) is 50.9 Å². The van der Waals surface area contributed by atoms with Gasteiger partial charge in [0.05, 0.1) is 24.5 Å². The van der Waals surface area contributed by atoms with E-state index in [0.29, 0.717) is 23.0 Å². The second-order valence-corrected chi connectivity index (χ2v) is 8.69. The zero-order valence-corrected chi connectivity index (χ0v) is 19.2. The van der Waals surface area contributed by atoms with Crippen LogP contribution in [-0.2, 0) is 4.74 Å². The molecule has 30 heavy (non-hydrogen) atoms. The van der Waals surface area contributed by atoms with Crippen LogP contribution in [0.1, 0.15) is 23.9 Å². The molecule has 3 aromatic rings. The Morgan fingerprint density at radius 2 is 2.13 bits per heavy atom. The number of carbonyl (C=O) groups is 1. The molecule has 1 aliphatic heterocycles. The number of aromatic nitrogens is 1. The molecule has 3 heterocycles. The van der Waals surface area contributed by atoms with Crippen molar-refractivity contribution in [3.8, 4) is 5.75 Å². The van der Waals surface area contributed by atoms with Crippen molar-refractivity contribution in [1.82, 2.24) is 9.88 Å². The van der Waals surface area contributed by atoms with Gasteiger partial charge < -0.3 is 13.9 Å². The van der Waals surface area contributed by atoms with Crippen LogP contribution in [0.15, 0.2) is 39.4 Å². The van der Waals surface area contributed by atoms with Crippen molar-refractivity contribution in [3.05, 3.63) is 40.8 Å². The molecule has 1 fully saturated rings. The van der Waals surface area contributed by atoms with Gasteiger partial charge in [-0.3, -0.25) is 14.6 Å². The lowest BCUT2D eigenvalue weighted by Gasteiger charge is -2.27. The van der Waals surface area contributed by atoms with Crippen LogP contribution in [-0.4, -0.2) is 61.8 Å². The van der Waals surface area contributed by atoms with E-state index in [4.69, 9.17) is 18.9 Å². The molecule has 1 aromatic carbocycles. The van der Waals surface area contributed by atoms with E-state index in [1.54, 1.807) is 17.0 Å². The average molecular weight is 494 g/mol. The normalized spacial score (nSPS) is 14.9. The maximum absolute atomic E-state index is 13.2. The topological polar surface area (TPSA) is 68.0 Å². The Kier molecular flexibility index (Phi) is 7.04. The van der Waals surface area contributed by atoms with Crippen molar-refractivity contribution in [1.29, 1.82) is 0 Å². The van der Waals surface area contributed by atoms with Gasteiger partial charge in [-0.1, -0.05) is 17.4 Å². The number of fused-ring (bicyclic) bond motifs is 1. The summed E-state index contributed by atoms with van der Waals surface area (Å²) < 4.78 is 18.2. The predicted molar refractivity (Wildman–Crippen MR) is 121 cm³/mol. The number of benzene rings is 1. The Bertz CT molecular complexity index is 999. The molecule has 0 radical (unpaired) electrons. The van der Waals surface area contributed by atoms with Crippen LogP contribution in [0.3, 0.4) is 0 Å². The highest BCUT2D eigenvalue weighted by Gasteiger charge is 2.25. The standard InChI is InChI=1S/C21H24BrN3O4S/c1-2-28-15-5-3-6-17-19(15)23-21(30-17)25(20(26)16-7-8-18(22)29-16)10-4-9-24-11-13-27-14-12-24/h3,5-8H,2,4,9-14H2,1H3. The predicted octanol–water partition coefficient (Wildman–Crippen LogP) is 4.42. The molecule has 1 aliphatic rings. The van der Waals surface area contributed by atoms with Crippen molar-refractivity contribution >= 4 is 48.5 Å². The van der Waals surface area contributed by atoms with Gasteiger partial charge in [-0.15, -0.1) is 0 Å². The first-order valence-electron chi connectivity index (χ1n) is 10.1. The van der Waals surface area contributed by atoms with Gasteiger partial charge in [0, 0.05) is 26.2 Å². The number of carbonyl (C=O) groups excluding carboxylic acids is 1. The van der Waals surface area contributed by atoms with E-state index in [0.717, 1.165) is 55.2 Å². The number of hydrogen-bond donors (Lipinski definition) is 0. The number of anilines is 1. The number of thiazole rings is 1. The molecule has 2 aromatic heterocycles. The minimum Gasteiger partial charge on any atom is -0.492 e. The largest absolute Gasteiger partial charge is 0.492 e. The summed E-state index contributed by atoms with van der Waals surface area (Å²) in [5.74, 6) is 0.830. The van der Waals surface area contributed by atoms with Crippen LogP contribution in [0.4, 0.5) is 5.13 Å². The Hall–Kier alpha value is -1.94. The van der Waals surface area contributed by atoms with Gasteiger partial charge in [0.1, 0.15) is 11.3 Å². The monoisotopic (exact) mass is 493 g/mol. The molecule has 9 heteroatoms. The summed E-state index contributed by atoms with van der Waals surface area (Å²) >= 11 is 4.77. The Labute approximate surface area is 187 Å². The highest BCUT2D eigenvalue weighted by atomic mass is 79.9. The molecule has 0 aliphatic carbocycles. The van der Waals surface area contributed by atoms with Crippen molar-refractivity contribution < 1.29 is 18.7 Å². The first-order chi connectivity index (χ1) is 14.7. The van der Waals surface area contributed by atoms with E-state index in [1.807, 2.05) is 25.1 Å². The highest BCUT2D eigenvalue weighted by molar-refractivity contribution is 9.10. The zero-order valence-electron chi connectivity index (χ0n) is 16.8. The van der Waals surface area contributed by atoms with Crippen molar-refractivity contribution in [2.24, 2.45) is 0 Å². The third kappa shape index (κ3) is 4.85. The van der Waals surface area contributed by atoms with Gasteiger partial charge in [-0.25, -0.2) is 4.98 Å². The van der Waals surface area contributed by atoms with Crippen molar-refractivity contribution in [3.63, 3.8) is 0 Å². The van der Waals surface area contributed by atoms with Crippen LogP contribution in [0.5, 0.6) is 5.75 Å². The molecule has 0 N–H and O–H groups in total. The molecule has 1 saturated heterocycles. The summed E-state index contributed by atoms with van der Waals surface area (Å²) in [5.41, 5.74) is 0.783. The van der Waals surface area contributed by atoms with Crippen LogP contribution < -0.4 is 9.64 Å². The summed E-state index contributed by atoms with van der Waals surface area (Å²) in [6.07, 6.45) is 0.835. The molecular weight excluding hydrogens is 470 g/mol. The molecule has 0 bridgehead atoms. The van der Waals surface area contributed by atoms with Gasteiger partial charge in [0.25, 0.3) is 5.91 Å². The second-order valence-electron chi connectivity index (χ2n) is 6.90. The quantitative estimate of drug-likeness (QED) is 0.462. The summed E-state index contributed by atoms with van der Waals surface area (Å²) in [7, 11) is 0. The Morgan fingerprint density at radius 1 is 1.30 bits per heavy atom. The number of ether oxygens (including phenoxy) is 2. The molecular formula is C21H24BrN3O4S. The molecule has 0 spiro atoms. The first-order valence-corrected chi connectivity index (χ1v) is 11.7. The molecule has 0 atom stereocenters. The average Bonchev–Trinajstić information content (AvgIpc) is 3.38. The van der Waals surface area contributed by atoms with Crippen LogP contribution in [0.2, 0.25) is 0 Å². The number of nitrogens with zero attached hydrogens (tertiary/aromatic N) is 3. The molecule has 160 valence electrons. The van der Waals surface area contributed by atoms with Gasteiger partial charge >= 0.3 is 0 Å². The summed E-state index contributed by atoms with van der Waals surface area (Å²) in [4.78, 5) is 22.1. The number of morpholine rings is 1. The molecule has 4 rings (SSSR count). The van der Waals surface area contributed by atoms with E-state index in [1.165, 1.54) is 11.3 Å². The summed E-state index contributed by atoms with van der Waals surface area (Å²) in [6.45, 7) is 7.36. The fourth-order valence-corrected chi connectivity index (χ4v) is 4.74. The van der Waals surface area contributed by atoms with E-state index >= 15 is 0 Å². The van der Waals surface area contributed by atoms with E-state index in [-0.39, 0.29) is 11.7 Å². The lowest BCUT2D eigenvalue weighted by molar-refractivity contribution is 0.0376. The number of para-hydroxylation sites is 1. The first kappa shape index (κ1) is 21.3. The highest BCUT2D eigenvalue weighted by Crippen LogP contribution is 2.35. The number of furan rings is 1. The minimum atomic E-state index is -0.195. The number of hydrogen-bond acceptors (Lipinski definition) is 7. The summed E-state index contributed by atoms with van der Waals surface area (Å²) in [6, 6.07) is 9.26. The lowest BCUT2D eigenvalue weighted by atomic mass is 10.3. The number of halogens is 1. The maximum atomic E-state index is 13.2. The zero-order chi connectivity index (χ0) is 20.9. The fourth-order valence-electron chi connectivity index (χ4n) is 3.42. The SMILES string of the molecule is CCOc1cccc2sc(N(CCCN3CCOCC3)C(=O)c3ccc(Br)o3)nc12. The van der Waals surface area contributed by atoms with Gasteiger partial charge in [0.15, 0.2) is 15.6 Å². The molecule has 0 saturated carbocycles. The third-order valence-electron chi connectivity index (χ3n) is 4.89. The smallest absolute Gasteiger partial charge is 0.295 e. The van der Waals surface area contributed by atoms with Gasteiger partial charge in [0.2, 0.25) is 0 Å². The Balaban J connectivity index is 1.58. The van der Waals surface area contributed by atoms with E-state index < -0.39 is 0 Å². The lowest BCUT2D eigenvalue weighted by Crippen LogP contribution is -2.39. The number of rotatable bonds is 8. The van der Waals surface area contributed by atoms with Crippen molar-refractivity contribution in [2.45, 2.75) is 13.3 Å². The van der Waals surface area contributed by atoms with Crippen LogP contribution in [0.25, 0.3) is 10.2 Å². The van der Waals surface area contributed by atoms with Crippen LogP contribution >= 0.6 is 27.3 Å². The fraction of sp³-hybridized carbons (Fsp3) is 0.429. The maximum Gasteiger partial charge on any atom is 0.295 e. The minimum absolute atomic E-state index is 0.195. The van der Waals surface area contributed by atoms with Gasteiger partial charge in [-0.2, -0.15) is 0 Å². The third-order valence-corrected chi connectivity index (χ3v) is 6.36. The molecule has 1 amide bonds. The second kappa shape index (κ2) is 9.91. The summed E-state index contributed by atoms with van der Waals surface area (Å²) in [5, 5.41) is 0.650. The number of amides is 1. The van der Waals surface area contributed by atoms with E-state index in [2.05, 4.69) is 20.8 Å². The molecule has 7 nitrogen and oxygen atoms in total. The molecule has 0 unspecified atom stereocenters.